The quantitative estimate of drug-likeness (QED) is 0.941. The monoisotopic (exact) mass is 316 g/mol. The standard InChI is InChI=1S/C17H21FN4O/c1-2-7-19-17(23)12-4-3-8-22(10-12)16-14-9-13(18)5-6-15(14)20-11-21-16/h5-6,9,11-12H,2-4,7-8,10H2,1H3,(H,19,23). The third-order valence-corrected chi connectivity index (χ3v) is 4.22. The number of aromatic nitrogens is 2. The van der Waals surface area contributed by atoms with Crippen LogP contribution in [-0.2, 0) is 4.79 Å². The zero-order valence-electron chi connectivity index (χ0n) is 13.3. The largest absolute Gasteiger partial charge is 0.356 e. The summed E-state index contributed by atoms with van der Waals surface area (Å²) >= 11 is 0. The Kier molecular flexibility index (Phi) is 4.69. The van der Waals surface area contributed by atoms with E-state index in [1.807, 2.05) is 6.92 Å². The maximum Gasteiger partial charge on any atom is 0.224 e. The number of anilines is 1. The summed E-state index contributed by atoms with van der Waals surface area (Å²) in [4.78, 5) is 22.8. The molecule has 1 atom stereocenters. The minimum atomic E-state index is -0.303. The van der Waals surface area contributed by atoms with E-state index >= 15 is 0 Å². The second-order valence-electron chi connectivity index (χ2n) is 5.93. The fraction of sp³-hybridized carbons (Fsp3) is 0.471. The molecule has 0 saturated carbocycles. The van der Waals surface area contributed by atoms with Crippen molar-refractivity contribution < 1.29 is 9.18 Å². The van der Waals surface area contributed by atoms with Crippen molar-refractivity contribution >= 4 is 22.6 Å². The van der Waals surface area contributed by atoms with Crippen LogP contribution in [0.15, 0.2) is 24.5 Å². The molecule has 0 radical (unpaired) electrons. The van der Waals surface area contributed by atoms with Gasteiger partial charge in [0, 0.05) is 25.0 Å². The first-order chi connectivity index (χ1) is 11.2. The van der Waals surface area contributed by atoms with Crippen molar-refractivity contribution in [3.8, 4) is 0 Å². The van der Waals surface area contributed by atoms with E-state index in [-0.39, 0.29) is 17.6 Å². The van der Waals surface area contributed by atoms with Crippen LogP contribution in [-0.4, -0.2) is 35.5 Å². The third kappa shape index (κ3) is 3.41. The molecular weight excluding hydrogens is 295 g/mol. The molecule has 2 heterocycles. The molecule has 3 rings (SSSR count). The minimum absolute atomic E-state index is 0.0473. The van der Waals surface area contributed by atoms with E-state index < -0.39 is 0 Å². The average Bonchev–Trinajstić information content (AvgIpc) is 2.59. The van der Waals surface area contributed by atoms with Crippen LogP contribution in [0.25, 0.3) is 10.9 Å². The molecule has 1 unspecified atom stereocenters. The van der Waals surface area contributed by atoms with Gasteiger partial charge in [-0.3, -0.25) is 4.79 Å². The van der Waals surface area contributed by atoms with Gasteiger partial charge in [-0.05, 0) is 37.5 Å². The molecule has 1 saturated heterocycles. The summed E-state index contributed by atoms with van der Waals surface area (Å²) in [6.45, 7) is 4.17. The Morgan fingerprint density at radius 1 is 1.43 bits per heavy atom. The predicted octanol–water partition coefficient (Wildman–Crippen LogP) is 2.51. The fourth-order valence-electron chi connectivity index (χ4n) is 3.04. The van der Waals surface area contributed by atoms with Gasteiger partial charge in [-0.1, -0.05) is 6.92 Å². The summed E-state index contributed by atoms with van der Waals surface area (Å²) in [7, 11) is 0. The van der Waals surface area contributed by atoms with Crippen molar-refractivity contribution in [2.75, 3.05) is 24.5 Å². The minimum Gasteiger partial charge on any atom is -0.356 e. The molecular formula is C17H21FN4O. The number of benzene rings is 1. The molecule has 1 fully saturated rings. The van der Waals surface area contributed by atoms with Gasteiger partial charge in [0.1, 0.15) is 18.0 Å². The summed E-state index contributed by atoms with van der Waals surface area (Å²) in [5.41, 5.74) is 0.717. The molecule has 0 spiro atoms. The number of halogens is 1. The normalized spacial score (nSPS) is 18.2. The van der Waals surface area contributed by atoms with Crippen LogP contribution in [0.4, 0.5) is 10.2 Å². The van der Waals surface area contributed by atoms with Crippen molar-refractivity contribution in [1.29, 1.82) is 0 Å². The topological polar surface area (TPSA) is 58.1 Å². The highest BCUT2D eigenvalue weighted by atomic mass is 19.1. The highest BCUT2D eigenvalue weighted by Gasteiger charge is 2.27. The maximum atomic E-state index is 13.6. The number of fused-ring (bicyclic) bond motifs is 1. The van der Waals surface area contributed by atoms with Gasteiger partial charge in [-0.25, -0.2) is 14.4 Å². The van der Waals surface area contributed by atoms with Gasteiger partial charge in [-0.15, -0.1) is 0 Å². The number of nitrogens with one attached hydrogen (secondary N) is 1. The molecule has 0 aliphatic carbocycles. The Bertz CT molecular complexity index is 706. The maximum absolute atomic E-state index is 13.6. The third-order valence-electron chi connectivity index (χ3n) is 4.22. The van der Waals surface area contributed by atoms with E-state index in [9.17, 15) is 9.18 Å². The first-order valence-electron chi connectivity index (χ1n) is 8.12. The molecule has 1 aliphatic heterocycles. The molecule has 122 valence electrons. The SMILES string of the molecule is CCCNC(=O)C1CCCN(c2ncnc3ccc(F)cc23)C1. The Morgan fingerprint density at radius 2 is 2.30 bits per heavy atom. The van der Waals surface area contributed by atoms with E-state index in [1.165, 1.54) is 18.5 Å². The molecule has 6 heteroatoms. The van der Waals surface area contributed by atoms with Crippen LogP contribution < -0.4 is 10.2 Å². The van der Waals surface area contributed by atoms with Crippen LogP contribution in [0.1, 0.15) is 26.2 Å². The van der Waals surface area contributed by atoms with Gasteiger partial charge in [0.2, 0.25) is 5.91 Å². The Hall–Kier alpha value is -2.24. The number of amides is 1. The average molecular weight is 316 g/mol. The number of rotatable bonds is 4. The fourth-order valence-corrected chi connectivity index (χ4v) is 3.04. The first kappa shape index (κ1) is 15.6. The van der Waals surface area contributed by atoms with E-state index in [1.54, 1.807) is 6.07 Å². The van der Waals surface area contributed by atoms with Gasteiger partial charge in [0.15, 0.2) is 0 Å². The number of carbonyl (C=O) groups is 1. The van der Waals surface area contributed by atoms with Crippen molar-refractivity contribution in [3.05, 3.63) is 30.3 Å². The molecule has 5 nitrogen and oxygen atoms in total. The molecule has 23 heavy (non-hydrogen) atoms. The molecule has 0 bridgehead atoms. The predicted molar refractivity (Wildman–Crippen MR) is 87.7 cm³/mol. The molecule has 1 amide bonds. The van der Waals surface area contributed by atoms with Crippen LogP contribution >= 0.6 is 0 Å². The van der Waals surface area contributed by atoms with E-state index in [2.05, 4.69) is 20.2 Å². The lowest BCUT2D eigenvalue weighted by Gasteiger charge is -2.33. The summed E-state index contributed by atoms with van der Waals surface area (Å²) < 4.78 is 13.6. The van der Waals surface area contributed by atoms with Crippen molar-refractivity contribution in [1.82, 2.24) is 15.3 Å². The van der Waals surface area contributed by atoms with Crippen molar-refractivity contribution in [3.63, 3.8) is 0 Å². The number of carbonyl (C=O) groups excluding carboxylic acids is 1. The zero-order valence-corrected chi connectivity index (χ0v) is 13.3. The highest BCUT2D eigenvalue weighted by Crippen LogP contribution is 2.28. The zero-order chi connectivity index (χ0) is 16.2. The van der Waals surface area contributed by atoms with Gasteiger partial charge in [-0.2, -0.15) is 0 Å². The lowest BCUT2D eigenvalue weighted by Crippen LogP contribution is -2.43. The van der Waals surface area contributed by atoms with Gasteiger partial charge >= 0.3 is 0 Å². The Labute approximate surface area is 134 Å². The van der Waals surface area contributed by atoms with Crippen LogP contribution in [0.5, 0.6) is 0 Å². The van der Waals surface area contributed by atoms with Crippen LogP contribution in [0.2, 0.25) is 0 Å². The first-order valence-corrected chi connectivity index (χ1v) is 8.12. The van der Waals surface area contributed by atoms with E-state index in [0.717, 1.165) is 25.8 Å². The smallest absolute Gasteiger partial charge is 0.224 e. The van der Waals surface area contributed by atoms with Gasteiger partial charge in [0.25, 0.3) is 0 Å². The second-order valence-corrected chi connectivity index (χ2v) is 5.93. The van der Waals surface area contributed by atoms with Crippen molar-refractivity contribution in [2.45, 2.75) is 26.2 Å². The summed E-state index contributed by atoms with van der Waals surface area (Å²) in [6.07, 6.45) is 4.22. The number of nitrogens with zero attached hydrogens (tertiary/aromatic N) is 3. The summed E-state index contributed by atoms with van der Waals surface area (Å²) in [6, 6.07) is 4.52. The summed E-state index contributed by atoms with van der Waals surface area (Å²) in [5, 5.41) is 3.66. The molecule has 1 N–H and O–H groups in total. The number of piperidine rings is 1. The lowest BCUT2D eigenvalue weighted by atomic mass is 9.96. The number of hydrogen-bond acceptors (Lipinski definition) is 4. The molecule has 1 aromatic carbocycles. The van der Waals surface area contributed by atoms with E-state index in [4.69, 9.17) is 0 Å². The number of hydrogen-bond donors (Lipinski definition) is 1. The summed E-state index contributed by atoms with van der Waals surface area (Å²) in [5.74, 6) is 0.459. The molecule has 1 aliphatic rings. The Morgan fingerprint density at radius 3 is 3.13 bits per heavy atom. The molecule has 2 aromatic rings. The van der Waals surface area contributed by atoms with Gasteiger partial charge in [0.05, 0.1) is 11.4 Å². The Balaban J connectivity index is 1.84. The highest BCUT2D eigenvalue weighted by molar-refractivity contribution is 5.89. The lowest BCUT2D eigenvalue weighted by molar-refractivity contribution is -0.125. The van der Waals surface area contributed by atoms with Crippen LogP contribution in [0.3, 0.4) is 0 Å². The van der Waals surface area contributed by atoms with E-state index in [0.29, 0.717) is 29.8 Å². The second kappa shape index (κ2) is 6.89. The molecule has 1 aromatic heterocycles. The van der Waals surface area contributed by atoms with Gasteiger partial charge < -0.3 is 10.2 Å². The van der Waals surface area contributed by atoms with Crippen LogP contribution in [0, 0.1) is 11.7 Å². The van der Waals surface area contributed by atoms with Crippen molar-refractivity contribution in [2.24, 2.45) is 5.92 Å².